The van der Waals surface area contributed by atoms with Gasteiger partial charge < -0.3 is 9.30 Å². The lowest BCUT2D eigenvalue weighted by Crippen LogP contribution is -2.11. The van der Waals surface area contributed by atoms with Crippen LogP contribution in [0.25, 0.3) is 11.0 Å². The fourth-order valence-electron chi connectivity index (χ4n) is 2.38. The number of hydrogen-bond donors (Lipinski definition) is 0. The molecule has 108 valence electrons. The predicted molar refractivity (Wildman–Crippen MR) is 77.7 cm³/mol. The van der Waals surface area contributed by atoms with E-state index in [1.807, 2.05) is 10.6 Å². The zero-order valence-corrected chi connectivity index (χ0v) is 12.1. The first-order chi connectivity index (χ1) is 9.79. The molecule has 1 aliphatic carbocycles. The number of ether oxygens (including phenoxy) is 1. The Bertz CT molecular complexity index is 595. The van der Waals surface area contributed by atoms with Crippen LogP contribution in [0, 0.1) is 11.7 Å². The van der Waals surface area contributed by atoms with Gasteiger partial charge in [0.2, 0.25) is 0 Å². The second kappa shape index (κ2) is 6.10. The first-order valence-corrected chi connectivity index (χ1v) is 7.60. The van der Waals surface area contributed by atoms with E-state index in [0.717, 1.165) is 23.9 Å². The average Bonchev–Trinajstić information content (AvgIpc) is 3.19. The number of aryl methyl sites for hydroxylation is 1. The van der Waals surface area contributed by atoms with Gasteiger partial charge in [-0.05, 0) is 30.9 Å². The highest BCUT2D eigenvalue weighted by atomic mass is 35.5. The van der Waals surface area contributed by atoms with E-state index < -0.39 is 0 Å². The molecular weight excluding hydrogens is 279 g/mol. The molecule has 0 unspecified atom stereocenters. The van der Waals surface area contributed by atoms with Crippen molar-refractivity contribution in [3.63, 3.8) is 0 Å². The van der Waals surface area contributed by atoms with Gasteiger partial charge in [0.05, 0.1) is 12.1 Å². The number of para-hydroxylation sites is 1. The van der Waals surface area contributed by atoms with Gasteiger partial charge in [-0.25, -0.2) is 9.37 Å². The zero-order valence-electron chi connectivity index (χ0n) is 11.3. The van der Waals surface area contributed by atoms with Gasteiger partial charge in [-0.15, -0.1) is 11.6 Å². The van der Waals surface area contributed by atoms with Crippen LogP contribution in [0.5, 0.6) is 0 Å². The van der Waals surface area contributed by atoms with Crippen molar-refractivity contribution in [2.75, 3.05) is 19.1 Å². The molecule has 0 radical (unpaired) electrons. The smallest absolute Gasteiger partial charge is 0.151 e. The Kier molecular flexibility index (Phi) is 4.22. The lowest BCUT2D eigenvalue weighted by molar-refractivity contribution is 0.117. The Hall–Kier alpha value is -1.13. The number of halogens is 2. The zero-order chi connectivity index (χ0) is 13.9. The summed E-state index contributed by atoms with van der Waals surface area (Å²) in [6, 6.07) is 5.04. The lowest BCUT2D eigenvalue weighted by Gasteiger charge is -2.09. The number of fused-ring (bicyclic) bond motifs is 1. The van der Waals surface area contributed by atoms with E-state index in [0.29, 0.717) is 31.0 Å². The molecule has 0 aliphatic heterocycles. The molecule has 0 atom stereocenters. The first kappa shape index (κ1) is 13.8. The minimum atomic E-state index is -0.282. The van der Waals surface area contributed by atoms with Gasteiger partial charge in [0, 0.05) is 25.5 Å². The Morgan fingerprint density at radius 3 is 3.00 bits per heavy atom. The third-order valence-corrected chi connectivity index (χ3v) is 3.83. The summed E-state index contributed by atoms with van der Waals surface area (Å²) in [5.74, 6) is 1.79. The summed E-state index contributed by atoms with van der Waals surface area (Å²) in [6.07, 6.45) is 3.21. The van der Waals surface area contributed by atoms with Gasteiger partial charge in [-0.2, -0.15) is 0 Å². The molecular formula is C15H18ClFN2O. The van der Waals surface area contributed by atoms with Gasteiger partial charge in [0.15, 0.2) is 5.82 Å². The summed E-state index contributed by atoms with van der Waals surface area (Å²) < 4.78 is 21.5. The van der Waals surface area contributed by atoms with Crippen molar-refractivity contribution in [2.45, 2.75) is 25.8 Å². The molecule has 0 amide bonds. The first-order valence-electron chi connectivity index (χ1n) is 7.07. The highest BCUT2D eigenvalue weighted by Crippen LogP contribution is 2.28. The monoisotopic (exact) mass is 296 g/mol. The van der Waals surface area contributed by atoms with Crippen LogP contribution in [0.1, 0.15) is 18.7 Å². The molecule has 1 aliphatic rings. The van der Waals surface area contributed by atoms with Gasteiger partial charge >= 0.3 is 0 Å². The van der Waals surface area contributed by atoms with Crippen LogP contribution >= 0.6 is 11.6 Å². The molecule has 0 spiro atoms. The van der Waals surface area contributed by atoms with Crippen molar-refractivity contribution in [1.29, 1.82) is 0 Å². The Balaban J connectivity index is 1.78. The molecule has 5 heteroatoms. The van der Waals surface area contributed by atoms with E-state index in [9.17, 15) is 4.39 Å². The highest BCUT2D eigenvalue weighted by Gasteiger charge is 2.21. The predicted octanol–water partition coefficient (Wildman–Crippen LogP) is 3.38. The van der Waals surface area contributed by atoms with Crippen LogP contribution in [0.15, 0.2) is 18.2 Å². The molecule has 1 fully saturated rings. The van der Waals surface area contributed by atoms with Crippen molar-refractivity contribution in [3.8, 4) is 0 Å². The van der Waals surface area contributed by atoms with Crippen LogP contribution in [0.3, 0.4) is 0 Å². The number of hydrogen-bond acceptors (Lipinski definition) is 2. The number of rotatable bonds is 7. The molecule has 1 aromatic heterocycles. The van der Waals surface area contributed by atoms with E-state index in [-0.39, 0.29) is 5.82 Å². The molecule has 20 heavy (non-hydrogen) atoms. The maximum absolute atomic E-state index is 13.8. The normalized spacial score (nSPS) is 15.1. The molecule has 1 saturated carbocycles. The molecule has 0 N–H and O–H groups in total. The summed E-state index contributed by atoms with van der Waals surface area (Å²) in [6.45, 7) is 2.17. The maximum Gasteiger partial charge on any atom is 0.151 e. The number of benzene rings is 1. The van der Waals surface area contributed by atoms with Crippen molar-refractivity contribution in [2.24, 2.45) is 5.92 Å². The van der Waals surface area contributed by atoms with E-state index >= 15 is 0 Å². The molecule has 2 aromatic rings. The largest absolute Gasteiger partial charge is 0.379 e. The average molecular weight is 297 g/mol. The van der Waals surface area contributed by atoms with Crippen LogP contribution in [0.4, 0.5) is 4.39 Å². The molecule has 1 aromatic carbocycles. The van der Waals surface area contributed by atoms with Gasteiger partial charge in [-0.1, -0.05) is 6.07 Å². The Labute approximate surface area is 122 Å². The SMILES string of the molecule is Fc1cccc2c1nc(CCCl)n2CCOCC1CC1. The molecule has 1 heterocycles. The van der Waals surface area contributed by atoms with Crippen molar-refractivity contribution in [1.82, 2.24) is 9.55 Å². The second-order valence-corrected chi connectivity index (χ2v) is 5.62. The Morgan fingerprint density at radius 2 is 2.25 bits per heavy atom. The Morgan fingerprint density at radius 1 is 1.40 bits per heavy atom. The van der Waals surface area contributed by atoms with Crippen molar-refractivity contribution < 1.29 is 9.13 Å². The number of alkyl halides is 1. The minimum Gasteiger partial charge on any atom is -0.379 e. The molecule has 3 rings (SSSR count). The van der Waals surface area contributed by atoms with E-state index in [1.54, 1.807) is 6.07 Å². The van der Waals surface area contributed by atoms with Crippen molar-refractivity contribution >= 4 is 22.6 Å². The molecule has 0 bridgehead atoms. The topological polar surface area (TPSA) is 27.1 Å². The highest BCUT2D eigenvalue weighted by molar-refractivity contribution is 6.17. The minimum absolute atomic E-state index is 0.282. The van der Waals surface area contributed by atoms with Crippen LogP contribution in [-0.4, -0.2) is 28.6 Å². The number of nitrogens with zero attached hydrogens (tertiary/aromatic N) is 2. The third kappa shape index (κ3) is 2.96. The molecule has 0 saturated heterocycles. The summed E-state index contributed by atoms with van der Waals surface area (Å²) >= 11 is 5.81. The van der Waals surface area contributed by atoms with Gasteiger partial charge in [-0.3, -0.25) is 0 Å². The summed E-state index contributed by atoms with van der Waals surface area (Å²) in [4.78, 5) is 4.38. The van der Waals surface area contributed by atoms with Gasteiger partial charge in [0.25, 0.3) is 0 Å². The number of aromatic nitrogens is 2. The summed E-state index contributed by atoms with van der Waals surface area (Å²) in [7, 11) is 0. The van der Waals surface area contributed by atoms with Gasteiger partial charge in [0.1, 0.15) is 11.3 Å². The summed E-state index contributed by atoms with van der Waals surface area (Å²) in [5, 5.41) is 0. The quantitative estimate of drug-likeness (QED) is 0.578. The van der Waals surface area contributed by atoms with E-state index in [2.05, 4.69) is 4.98 Å². The fraction of sp³-hybridized carbons (Fsp3) is 0.533. The van der Waals surface area contributed by atoms with Crippen molar-refractivity contribution in [3.05, 3.63) is 29.8 Å². The maximum atomic E-state index is 13.8. The third-order valence-electron chi connectivity index (χ3n) is 3.64. The van der Waals surface area contributed by atoms with Crippen LogP contribution in [0.2, 0.25) is 0 Å². The van der Waals surface area contributed by atoms with E-state index in [4.69, 9.17) is 16.3 Å². The standard InChI is InChI=1S/C15H18ClFN2O/c16-7-6-14-18-15-12(17)2-1-3-13(15)19(14)8-9-20-10-11-4-5-11/h1-3,11H,4-10H2. The van der Waals surface area contributed by atoms with E-state index in [1.165, 1.54) is 18.9 Å². The van der Waals surface area contributed by atoms with Crippen LogP contribution < -0.4 is 0 Å². The fourth-order valence-corrected chi connectivity index (χ4v) is 2.55. The number of imidazole rings is 1. The summed E-state index contributed by atoms with van der Waals surface area (Å²) in [5.41, 5.74) is 1.25. The van der Waals surface area contributed by atoms with Crippen LogP contribution in [-0.2, 0) is 17.7 Å². The second-order valence-electron chi connectivity index (χ2n) is 5.24. The molecule has 3 nitrogen and oxygen atoms in total. The lowest BCUT2D eigenvalue weighted by atomic mass is 10.3.